The molecule has 3 N–H and O–H groups in total. The SMILES string of the molecule is CC(C)c1ccc([C@@H](N)CCO)cc1. The van der Waals surface area contributed by atoms with Gasteiger partial charge in [-0.05, 0) is 23.5 Å². The highest BCUT2D eigenvalue weighted by molar-refractivity contribution is 5.26. The zero-order valence-corrected chi connectivity index (χ0v) is 8.90. The monoisotopic (exact) mass is 193 g/mol. The quantitative estimate of drug-likeness (QED) is 0.770. The summed E-state index contributed by atoms with van der Waals surface area (Å²) in [6.45, 7) is 4.48. The summed E-state index contributed by atoms with van der Waals surface area (Å²) >= 11 is 0. The van der Waals surface area contributed by atoms with Gasteiger partial charge >= 0.3 is 0 Å². The summed E-state index contributed by atoms with van der Waals surface area (Å²) in [5, 5.41) is 8.76. The van der Waals surface area contributed by atoms with Gasteiger partial charge in [0.05, 0.1) is 0 Å². The second-order valence-electron chi connectivity index (χ2n) is 3.94. The van der Waals surface area contributed by atoms with Crippen molar-refractivity contribution in [2.24, 2.45) is 5.73 Å². The number of hydrogen-bond donors (Lipinski definition) is 2. The van der Waals surface area contributed by atoms with Crippen molar-refractivity contribution in [1.29, 1.82) is 0 Å². The van der Waals surface area contributed by atoms with Crippen molar-refractivity contribution in [2.45, 2.75) is 32.2 Å². The largest absolute Gasteiger partial charge is 0.396 e. The minimum Gasteiger partial charge on any atom is -0.396 e. The zero-order chi connectivity index (χ0) is 10.6. The number of benzene rings is 1. The van der Waals surface area contributed by atoms with Gasteiger partial charge in [0.1, 0.15) is 0 Å². The average molecular weight is 193 g/mol. The van der Waals surface area contributed by atoms with Crippen molar-refractivity contribution in [3.8, 4) is 0 Å². The molecule has 0 spiro atoms. The third-order valence-electron chi connectivity index (χ3n) is 2.47. The first-order valence-electron chi connectivity index (χ1n) is 5.11. The lowest BCUT2D eigenvalue weighted by molar-refractivity contribution is 0.276. The van der Waals surface area contributed by atoms with Crippen molar-refractivity contribution in [2.75, 3.05) is 6.61 Å². The second-order valence-corrected chi connectivity index (χ2v) is 3.94. The Morgan fingerprint density at radius 1 is 1.14 bits per heavy atom. The molecular formula is C12H19NO. The van der Waals surface area contributed by atoms with Gasteiger partial charge in [0.2, 0.25) is 0 Å². The second kappa shape index (κ2) is 5.13. The molecule has 0 aliphatic heterocycles. The molecule has 0 unspecified atom stereocenters. The van der Waals surface area contributed by atoms with E-state index in [0.29, 0.717) is 12.3 Å². The summed E-state index contributed by atoms with van der Waals surface area (Å²) in [4.78, 5) is 0. The van der Waals surface area contributed by atoms with E-state index in [9.17, 15) is 0 Å². The molecule has 0 heterocycles. The number of nitrogens with two attached hydrogens (primary N) is 1. The normalized spacial score (nSPS) is 13.2. The number of hydrogen-bond acceptors (Lipinski definition) is 2. The Morgan fingerprint density at radius 2 is 1.64 bits per heavy atom. The maximum Gasteiger partial charge on any atom is 0.0449 e. The molecule has 0 aromatic heterocycles. The number of aliphatic hydroxyl groups is 1. The topological polar surface area (TPSA) is 46.2 Å². The van der Waals surface area contributed by atoms with Crippen molar-refractivity contribution in [1.82, 2.24) is 0 Å². The molecule has 1 rings (SSSR count). The van der Waals surface area contributed by atoms with Gasteiger partial charge in [-0.25, -0.2) is 0 Å². The van der Waals surface area contributed by atoms with Crippen LogP contribution in [0.25, 0.3) is 0 Å². The van der Waals surface area contributed by atoms with Crippen LogP contribution in [0.3, 0.4) is 0 Å². The Balaban J connectivity index is 2.72. The van der Waals surface area contributed by atoms with E-state index in [4.69, 9.17) is 10.8 Å². The summed E-state index contributed by atoms with van der Waals surface area (Å²) in [5.41, 5.74) is 8.30. The van der Waals surface area contributed by atoms with Crippen LogP contribution in [0, 0.1) is 0 Å². The van der Waals surface area contributed by atoms with Gasteiger partial charge in [0.15, 0.2) is 0 Å². The molecule has 1 atom stereocenters. The van der Waals surface area contributed by atoms with Crippen LogP contribution in [0.5, 0.6) is 0 Å². The van der Waals surface area contributed by atoms with Crippen molar-refractivity contribution < 1.29 is 5.11 Å². The first kappa shape index (κ1) is 11.2. The van der Waals surface area contributed by atoms with E-state index in [1.807, 2.05) is 0 Å². The van der Waals surface area contributed by atoms with E-state index >= 15 is 0 Å². The molecule has 14 heavy (non-hydrogen) atoms. The van der Waals surface area contributed by atoms with Crippen LogP contribution in [-0.4, -0.2) is 11.7 Å². The van der Waals surface area contributed by atoms with E-state index in [1.54, 1.807) is 0 Å². The van der Waals surface area contributed by atoms with Gasteiger partial charge in [-0.3, -0.25) is 0 Å². The Labute approximate surface area is 85.8 Å². The molecule has 0 aliphatic carbocycles. The molecule has 1 aromatic rings. The van der Waals surface area contributed by atoms with Crippen LogP contribution < -0.4 is 5.73 Å². The van der Waals surface area contributed by atoms with Crippen LogP contribution in [0.15, 0.2) is 24.3 Å². The predicted molar refractivity (Wildman–Crippen MR) is 59.2 cm³/mol. The van der Waals surface area contributed by atoms with Gasteiger partial charge in [-0.1, -0.05) is 38.1 Å². The summed E-state index contributed by atoms with van der Waals surface area (Å²) in [7, 11) is 0. The van der Waals surface area contributed by atoms with Crippen LogP contribution >= 0.6 is 0 Å². The summed E-state index contributed by atoms with van der Waals surface area (Å²) in [6.07, 6.45) is 0.626. The smallest absolute Gasteiger partial charge is 0.0449 e. The standard InChI is InChI=1S/C12H19NO/c1-9(2)10-3-5-11(6-4-10)12(13)7-8-14/h3-6,9,12,14H,7-8,13H2,1-2H3/t12-/m0/s1. The Hall–Kier alpha value is -0.860. The molecule has 0 saturated carbocycles. The molecule has 0 saturated heterocycles. The first-order valence-corrected chi connectivity index (χ1v) is 5.11. The highest BCUT2D eigenvalue weighted by Crippen LogP contribution is 2.18. The number of rotatable bonds is 4. The van der Waals surface area contributed by atoms with Crippen LogP contribution in [0.1, 0.15) is 43.4 Å². The lowest BCUT2D eigenvalue weighted by Crippen LogP contribution is -2.11. The molecule has 0 bridgehead atoms. The van der Waals surface area contributed by atoms with Gasteiger partial charge < -0.3 is 10.8 Å². The van der Waals surface area contributed by atoms with Crippen LogP contribution in [0.4, 0.5) is 0 Å². The van der Waals surface area contributed by atoms with E-state index in [2.05, 4.69) is 38.1 Å². The maximum absolute atomic E-state index is 8.76. The summed E-state index contributed by atoms with van der Waals surface area (Å²) in [6, 6.07) is 8.28. The third kappa shape index (κ3) is 2.82. The molecule has 2 nitrogen and oxygen atoms in total. The van der Waals surface area contributed by atoms with E-state index < -0.39 is 0 Å². The molecule has 0 fully saturated rings. The van der Waals surface area contributed by atoms with Crippen molar-refractivity contribution >= 4 is 0 Å². The van der Waals surface area contributed by atoms with E-state index in [-0.39, 0.29) is 12.6 Å². The number of aliphatic hydroxyl groups excluding tert-OH is 1. The summed E-state index contributed by atoms with van der Waals surface area (Å²) in [5.74, 6) is 0.554. The highest BCUT2D eigenvalue weighted by atomic mass is 16.3. The fraction of sp³-hybridized carbons (Fsp3) is 0.500. The minimum atomic E-state index is -0.0405. The molecular weight excluding hydrogens is 174 g/mol. The molecule has 1 aromatic carbocycles. The molecule has 0 radical (unpaired) electrons. The van der Waals surface area contributed by atoms with Crippen molar-refractivity contribution in [3.05, 3.63) is 35.4 Å². The Kier molecular flexibility index (Phi) is 4.11. The van der Waals surface area contributed by atoms with Gasteiger partial charge in [0, 0.05) is 12.6 Å². The molecule has 2 heteroatoms. The first-order chi connectivity index (χ1) is 6.65. The highest BCUT2D eigenvalue weighted by Gasteiger charge is 2.05. The lowest BCUT2D eigenvalue weighted by Gasteiger charge is -2.12. The zero-order valence-electron chi connectivity index (χ0n) is 8.90. The minimum absolute atomic E-state index is 0.0405. The Bertz CT molecular complexity index is 266. The van der Waals surface area contributed by atoms with Gasteiger partial charge in [-0.2, -0.15) is 0 Å². The summed E-state index contributed by atoms with van der Waals surface area (Å²) < 4.78 is 0. The molecule has 0 aliphatic rings. The van der Waals surface area contributed by atoms with E-state index in [1.165, 1.54) is 5.56 Å². The lowest BCUT2D eigenvalue weighted by atomic mass is 9.98. The average Bonchev–Trinajstić information content (AvgIpc) is 2.18. The molecule has 0 amide bonds. The predicted octanol–water partition coefficient (Wildman–Crippen LogP) is 2.19. The third-order valence-corrected chi connectivity index (χ3v) is 2.47. The van der Waals surface area contributed by atoms with Gasteiger partial charge in [-0.15, -0.1) is 0 Å². The van der Waals surface area contributed by atoms with Crippen molar-refractivity contribution in [3.63, 3.8) is 0 Å². The van der Waals surface area contributed by atoms with Crippen LogP contribution in [0.2, 0.25) is 0 Å². The maximum atomic E-state index is 8.76. The fourth-order valence-electron chi connectivity index (χ4n) is 1.43. The fourth-order valence-corrected chi connectivity index (χ4v) is 1.43. The Morgan fingerprint density at radius 3 is 2.07 bits per heavy atom. The van der Waals surface area contributed by atoms with Gasteiger partial charge in [0.25, 0.3) is 0 Å². The van der Waals surface area contributed by atoms with E-state index in [0.717, 1.165) is 5.56 Å². The van der Waals surface area contributed by atoms with Crippen LogP contribution in [-0.2, 0) is 0 Å². The molecule has 78 valence electrons.